The minimum absolute atomic E-state index is 0.0196. The van der Waals surface area contributed by atoms with Crippen molar-refractivity contribution < 1.29 is 27.5 Å². The quantitative estimate of drug-likeness (QED) is 0.578. The summed E-state index contributed by atoms with van der Waals surface area (Å²) in [5.41, 5.74) is 0.840. The van der Waals surface area contributed by atoms with Crippen molar-refractivity contribution in [2.45, 2.75) is 43.2 Å². The molecule has 1 aliphatic carbocycles. The largest absolute Gasteiger partial charge is 0.495 e. The van der Waals surface area contributed by atoms with Crippen molar-refractivity contribution in [1.29, 1.82) is 0 Å². The van der Waals surface area contributed by atoms with Crippen LogP contribution in [0.2, 0.25) is 0 Å². The molecule has 32 heavy (non-hydrogen) atoms. The second kappa shape index (κ2) is 10.6. The van der Waals surface area contributed by atoms with Crippen LogP contribution in [0.4, 0.5) is 0 Å². The predicted octanol–water partition coefficient (Wildman–Crippen LogP) is 2.73. The van der Waals surface area contributed by atoms with Gasteiger partial charge in [0, 0.05) is 19.6 Å². The van der Waals surface area contributed by atoms with E-state index in [2.05, 4.69) is 5.32 Å². The monoisotopic (exact) mass is 460 g/mol. The molecule has 0 aromatic heterocycles. The highest BCUT2D eigenvalue weighted by atomic mass is 32.2. The summed E-state index contributed by atoms with van der Waals surface area (Å²) >= 11 is 0. The highest BCUT2D eigenvalue weighted by Crippen LogP contribution is 2.28. The molecule has 0 heterocycles. The Hall–Kier alpha value is -2.91. The Kier molecular flexibility index (Phi) is 7.87. The van der Waals surface area contributed by atoms with Gasteiger partial charge in [0.1, 0.15) is 10.6 Å². The third-order valence-electron chi connectivity index (χ3n) is 5.39. The van der Waals surface area contributed by atoms with Gasteiger partial charge in [-0.05, 0) is 36.6 Å². The zero-order valence-electron chi connectivity index (χ0n) is 18.2. The number of esters is 1. The summed E-state index contributed by atoms with van der Waals surface area (Å²) in [7, 11) is -1.15. The molecule has 0 radical (unpaired) electrons. The van der Waals surface area contributed by atoms with Crippen molar-refractivity contribution in [3.8, 4) is 5.75 Å². The van der Waals surface area contributed by atoms with Gasteiger partial charge in [-0.1, -0.05) is 43.2 Å². The highest BCUT2D eigenvalue weighted by molar-refractivity contribution is 7.89. The number of amides is 1. The molecule has 0 saturated heterocycles. The topological polar surface area (TPSA) is 102 Å². The highest BCUT2D eigenvalue weighted by Gasteiger charge is 2.27. The first kappa shape index (κ1) is 23.7. The van der Waals surface area contributed by atoms with Crippen LogP contribution in [0.5, 0.6) is 5.75 Å². The summed E-state index contributed by atoms with van der Waals surface area (Å²) in [6.07, 6.45) is 4.00. The van der Waals surface area contributed by atoms with Crippen LogP contribution >= 0.6 is 0 Å². The Balaban J connectivity index is 1.72. The van der Waals surface area contributed by atoms with Crippen molar-refractivity contribution in [3.63, 3.8) is 0 Å². The van der Waals surface area contributed by atoms with Crippen LogP contribution in [0.15, 0.2) is 53.4 Å². The molecule has 1 aliphatic rings. The van der Waals surface area contributed by atoms with E-state index in [-0.39, 0.29) is 34.7 Å². The summed E-state index contributed by atoms with van der Waals surface area (Å²) in [5.74, 6) is -1.04. The molecule has 2 aromatic rings. The molecule has 1 saturated carbocycles. The summed E-state index contributed by atoms with van der Waals surface area (Å²) in [6, 6.07) is 13.3. The van der Waals surface area contributed by atoms with E-state index in [0.717, 1.165) is 31.2 Å². The Morgan fingerprint density at radius 2 is 1.78 bits per heavy atom. The molecule has 0 bridgehead atoms. The number of carbonyl (C=O) groups is 2. The van der Waals surface area contributed by atoms with Crippen LogP contribution in [0.3, 0.4) is 0 Å². The van der Waals surface area contributed by atoms with E-state index >= 15 is 0 Å². The number of nitrogens with one attached hydrogen (secondary N) is 1. The van der Waals surface area contributed by atoms with Gasteiger partial charge < -0.3 is 14.8 Å². The Morgan fingerprint density at radius 1 is 1.09 bits per heavy atom. The number of benzene rings is 2. The molecule has 8 nitrogen and oxygen atoms in total. The zero-order valence-corrected chi connectivity index (χ0v) is 19.1. The second-order valence-electron chi connectivity index (χ2n) is 7.74. The van der Waals surface area contributed by atoms with E-state index in [0.29, 0.717) is 0 Å². The summed E-state index contributed by atoms with van der Waals surface area (Å²) < 4.78 is 37.9. The summed E-state index contributed by atoms with van der Waals surface area (Å²) in [6.45, 7) is -0.264. The number of nitrogens with zero attached hydrogens (tertiary/aromatic N) is 1. The molecule has 0 aliphatic heterocycles. The molecule has 172 valence electrons. The van der Waals surface area contributed by atoms with Crippen LogP contribution in [-0.2, 0) is 26.1 Å². The van der Waals surface area contributed by atoms with E-state index < -0.39 is 22.6 Å². The molecule has 1 N–H and O–H groups in total. The minimum Gasteiger partial charge on any atom is -0.495 e. The Bertz CT molecular complexity index is 1050. The lowest BCUT2D eigenvalue weighted by molar-refractivity contribution is -0.124. The lowest BCUT2D eigenvalue weighted by atomic mass is 10.2. The fourth-order valence-electron chi connectivity index (χ4n) is 3.65. The number of hydrogen-bond acceptors (Lipinski definition) is 6. The number of ether oxygens (including phenoxy) is 2. The number of methoxy groups -OCH3 is 1. The average Bonchev–Trinajstić information content (AvgIpc) is 3.30. The lowest BCUT2D eigenvalue weighted by Crippen LogP contribution is -2.35. The van der Waals surface area contributed by atoms with Crippen molar-refractivity contribution >= 4 is 21.9 Å². The molecule has 1 fully saturated rings. The van der Waals surface area contributed by atoms with Crippen molar-refractivity contribution in [1.82, 2.24) is 9.62 Å². The maximum atomic E-state index is 13.2. The molecule has 9 heteroatoms. The fourth-order valence-corrected chi connectivity index (χ4v) is 4.99. The van der Waals surface area contributed by atoms with Gasteiger partial charge >= 0.3 is 5.97 Å². The van der Waals surface area contributed by atoms with Gasteiger partial charge in [-0.15, -0.1) is 0 Å². The van der Waals surface area contributed by atoms with Crippen LogP contribution in [0.25, 0.3) is 0 Å². The van der Waals surface area contributed by atoms with Crippen LogP contribution in [-0.4, -0.2) is 51.4 Å². The van der Waals surface area contributed by atoms with Crippen LogP contribution < -0.4 is 10.1 Å². The zero-order chi connectivity index (χ0) is 23.1. The first-order valence-corrected chi connectivity index (χ1v) is 11.9. The van der Waals surface area contributed by atoms with Gasteiger partial charge in [0.05, 0.1) is 12.7 Å². The number of rotatable bonds is 9. The molecule has 0 spiro atoms. The minimum atomic E-state index is -3.96. The van der Waals surface area contributed by atoms with E-state index in [4.69, 9.17) is 9.47 Å². The third kappa shape index (κ3) is 5.86. The molecular formula is C23H28N2O6S. The van der Waals surface area contributed by atoms with Gasteiger partial charge in [-0.2, -0.15) is 4.31 Å². The van der Waals surface area contributed by atoms with E-state index in [1.54, 1.807) is 0 Å². The second-order valence-corrected chi connectivity index (χ2v) is 9.75. The number of hydrogen-bond donors (Lipinski definition) is 1. The van der Waals surface area contributed by atoms with E-state index in [9.17, 15) is 18.0 Å². The molecule has 3 rings (SSSR count). The van der Waals surface area contributed by atoms with E-state index in [1.807, 2.05) is 30.3 Å². The average molecular weight is 461 g/mol. The molecule has 2 aromatic carbocycles. The first-order chi connectivity index (χ1) is 15.3. The van der Waals surface area contributed by atoms with Gasteiger partial charge in [-0.3, -0.25) is 4.79 Å². The lowest BCUT2D eigenvalue weighted by Gasteiger charge is -2.19. The van der Waals surface area contributed by atoms with Gasteiger partial charge in [0.2, 0.25) is 10.0 Å². The first-order valence-electron chi connectivity index (χ1n) is 10.5. The standard InChI is InChI=1S/C23H28N2O6S/c1-25(15-17-8-4-3-5-9-17)32(28,29)21-14-18(12-13-20(21)30-2)23(27)31-16-22(26)24-19-10-6-7-11-19/h3-5,8-9,12-14,19H,6-7,10-11,15-16H2,1-2H3,(H,24,26). The van der Waals surface area contributed by atoms with Gasteiger partial charge in [-0.25, -0.2) is 13.2 Å². The third-order valence-corrected chi connectivity index (χ3v) is 7.21. The number of carbonyl (C=O) groups excluding carboxylic acids is 2. The van der Waals surface area contributed by atoms with Crippen LogP contribution in [0, 0.1) is 0 Å². The SMILES string of the molecule is COc1ccc(C(=O)OCC(=O)NC2CCCC2)cc1S(=O)(=O)N(C)Cc1ccccc1. The van der Waals surface area contributed by atoms with Gasteiger partial charge in [0.15, 0.2) is 6.61 Å². The molecule has 0 unspecified atom stereocenters. The maximum Gasteiger partial charge on any atom is 0.338 e. The van der Waals surface area contributed by atoms with Crippen molar-refractivity contribution in [2.75, 3.05) is 20.8 Å². The number of sulfonamides is 1. The normalized spacial score (nSPS) is 14.3. The molecule has 1 amide bonds. The van der Waals surface area contributed by atoms with Gasteiger partial charge in [0.25, 0.3) is 5.91 Å². The van der Waals surface area contributed by atoms with Crippen molar-refractivity contribution in [3.05, 3.63) is 59.7 Å². The predicted molar refractivity (Wildman–Crippen MR) is 119 cm³/mol. The smallest absolute Gasteiger partial charge is 0.338 e. The Morgan fingerprint density at radius 3 is 2.44 bits per heavy atom. The summed E-state index contributed by atoms with van der Waals surface area (Å²) in [4.78, 5) is 24.3. The molecule has 0 atom stereocenters. The maximum absolute atomic E-state index is 13.2. The fraction of sp³-hybridized carbons (Fsp3) is 0.391. The van der Waals surface area contributed by atoms with Crippen LogP contribution in [0.1, 0.15) is 41.6 Å². The van der Waals surface area contributed by atoms with Crippen molar-refractivity contribution in [2.24, 2.45) is 0 Å². The molecular weight excluding hydrogens is 432 g/mol. The van der Waals surface area contributed by atoms with E-state index in [1.165, 1.54) is 36.7 Å². The Labute approximate surface area is 188 Å². The summed E-state index contributed by atoms with van der Waals surface area (Å²) in [5, 5.41) is 2.84.